The highest BCUT2D eigenvalue weighted by atomic mass is 15.2. The first-order chi connectivity index (χ1) is 8.77. The van der Waals surface area contributed by atoms with Crippen LogP contribution in [0.4, 0.5) is 0 Å². The van der Waals surface area contributed by atoms with Crippen molar-refractivity contribution < 1.29 is 0 Å². The second kappa shape index (κ2) is 6.35. The first-order valence-corrected chi connectivity index (χ1v) is 7.29. The molecule has 0 spiro atoms. The Balaban J connectivity index is 2.24. The zero-order valence-corrected chi connectivity index (χ0v) is 11.7. The topological polar surface area (TPSA) is 38.0 Å². The van der Waals surface area contributed by atoms with Crippen LogP contribution in [0.3, 0.4) is 0 Å². The van der Waals surface area contributed by atoms with Crippen LogP contribution in [0.2, 0.25) is 0 Å². The van der Waals surface area contributed by atoms with E-state index in [4.69, 9.17) is 5.84 Å². The van der Waals surface area contributed by atoms with Gasteiger partial charge in [-0.25, -0.2) is 0 Å². The Bertz CT molecular complexity index is 375. The molecular weight excluding hydrogens is 220 g/mol. The summed E-state index contributed by atoms with van der Waals surface area (Å²) in [5, 5.41) is 0. The van der Waals surface area contributed by atoms with Gasteiger partial charge in [-0.05, 0) is 36.3 Å². The molecule has 1 aliphatic carbocycles. The highest BCUT2D eigenvalue weighted by Crippen LogP contribution is 2.40. The molecule has 1 aromatic rings. The van der Waals surface area contributed by atoms with Crippen molar-refractivity contribution in [1.29, 1.82) is 0 Å². The largest absolute Gasteiger partial charge is 0.271 e. The summed E-state index contributed by atoms with van der Waals surface area (Å²) in [6, 6.07) is 8.95. The van der Waals surface area contributed by atoms with E-state index in [9.17, 15) is 0 Å². The Labute approximate surface area is 111 Å². The lowest BCUT2D eigenvalue weighted by Crippen LogP contribution is -2.38. The van der Waals surface area contributed by atoms with Crippen LogP contribution in [0.1, 0.15) is 56.2 Å². The second-order valence-corrected chi connectivity index (χ2v) is 5.62. The lowest BCUT2D eigenvalue weighted by atomic mass is 9.72. The minimum Gasteiger partial charge on any atom is -0.271 e. The summed E-state index contributed by atoms with van der Waals surface area (Å²) >= 11 is 0. The molecule has 3 atom stereocenters. The quantitative estimate of drug-likeness (QED) is 0.628. The molecule has 1 saturated carbocycles. The predicted octanol–water partition coefficient (Wildman–Crippen LogP) is 3.72. The number of hydrazine groups is 1. The van der Waals surface area contributed by atoms with Gasteiger partial charge in [0.25, 0.3) is 0 Å². The van der Waals surface area contributed by atoms with Gasteiger partial charge < -0.3 is 0 Å². The normalized spacial score (nSPS) is 25.9. The van der Waals surface area contributed by atoms with Crippen LogP contribution in [-0.4, -0.2) is 0 Å². The minimum atomic E-state index is 0.316. The molecule has 18 heavy (non-hydrogen) atoms. The van der Waals surface area contributed by atoms with E-state index in [-0.39, 0.29) is 0 Å². The molecule has 1 aromatic carbocycles. The van der Waals surface area contributed by atoms with Crippen LogP contribution in [0.5, 0.6) is 0 Å². The number of aryl methyl sites for hydroxylation is 1. The fraction of sp³-hybridized carbons (Fsp3) is 0.625. The smallest absolute Gasteiger partial charge is 0.0493 e. The molecule has 0 saturated heterocycles. The van der Waals surface area contributed by atoms with E-state index in [1.165, 1.54) is 43.2 Å². The van der Waals surface area contributed by atoms with Crippen molar-refractivity contribution in [2.24, 2.45) is 17.7 Å². The van der Waals surface area contributed by atoms with Crippen LogP contribution >= 0.6 is 0 Å². The molecule has 0 aromatic heterocycles. The van der Waals surface area contributed by atoms with Gasteiger partial charge in [0.05, 0.1) is 0 Å². The number of hydrogen-bond donors (Lipinski definition) is 2. The summed E-state index contributed by atoms with van der Waals surface area (Å²) in [5.41, 5.74) is 5.82. The zero-order chi connectivity index (χ0) is 13.0. The minimum absolute atomic E-state index is 0.316. The van der Waals surface area contributed by atoms with Crippen LogP contribution in [0.15, 0.2) is 24.3 Å². The van der Waals surface area contributed by atoms with Gasteiger partial charge in [0.15, 0.2) is 0 Å². The van der Waals surface area contributed by atoms with E-state index >= 15 is 0 Å². The van der Waals surface area contributed by atoms with Crippen LogP contribution < -0.4 is 11.3 Å². The Morgan fingerprint density at radius 3 is 2.67 bits per heavy atom. The van der Waals surface area contributed by atoms with E-state index in [0.717, 1.165) is 5.92 Å². The summed E-state index contributed by atoms with van der Waals surface area (Å²) in [6.45, 7) is 4.50. The lowest BCUT2D eigenvalue weighted by Gasteiger charge is -2.37. The molecule has 2 nitrogen and oxygen atoms in total. The molecule has 0 amide bonds. The maximum Gasteiger partial charge on any atom is 0.0493 e. The molecule has 0 radical (unpaired) electrons. The maximum absolute atomic E-state index is 5.87. The van der Waals surface area contributed by atoms with Crippen molar-refractivity contribution in [3.63, 3.8) is 0 Å². The predicted molar refractivity (Wildman–Crippen MR) is 77.0 cm³/mol. The van der Waals surface area contributed by atoms with E-state index in [1.807, 2.05) is 0 Å². The first-order valence-electron chi connectivity index (χ1n) is 7.29. The fourth-order valence-electron chi connectivity index (χ4n) is 3.56. The molecule has 0 bridgehead atoms. The number of rotatable bonds is 4. The van der Waals surface area contributed by atoms with E-state index in [2.05, 4.69) is 43.5 Å². The summed E-state index contributed by atoms with van der Waals surface area (Å²) in [5.74, 6) is 7.38. The highest BCUT2D eigenvalue weighted by Gasteiger charge is 2.31. The molecule has 2 heteroatoms. The van der Waals surface area contributed by atoms with Crippen molar-refractivity contribution >= 4 is 0 Å². The van der Waals surface area contributed by atoms with Crippen molar-refractivity contribution in [3.8, 4) is 0 Å². The Morgan fingerprint density at radius 2 is 2.00 bits per heavy atom. The molecular formula is C16H26N2. The van der Waals surface area contributed by atoms with Crippen LogP contribution in [-0.2, 0) is 0 Å². The summed E-state index contributed by atoms with van der Waals surface area (Å²) < 4.78 is 0. The number of benzene rings is 1. The SMILES string of the molecule is CCC1CCCCC1C(NN)c1ccccc1C. The molecule has 2 rings (SSSR count). The molecule has 1 aliphatic rings. The van der Waals surface area contributed by atoms with Gasteiger partial charge >= 0.3 is 0 Å². The van der Waals surface area contributed by atoms with Crippen molar-refractivity contribution in [2.75, 3.05) is 0 Å². The average Bonchev–Trinajstić information content (AvgIpc) is 2.42. The van der Waals surface area contributed by atoms with Gasteiger partial charge in [-0.3, -0.25) is 11.3 Å². The third-order valence-electron chi connectivity index (χ3n) is 4.62. The highest BCUT2D eigenvalue weighted by molar-refractivity contribution is 5.29. The second-order valence-electron chi connectivity index (χ2n) is 5.62. The Hall–Kier alpha value is -0.860. The first kappa shape index (κ1) is 13.6. The maximum atomic E-state index is 5.87. The zero-order valence-electron chi connectivity index (χ0n) is 11.7. The monoisotopic (exact) mass is 246 g/mol. The van der Waals surface area contributed by atoms with Gasteiger partial charge in [0.2, 0.25) is 0 Å². The summed E-state index contributed by atoms with van der Waals surface area (Å²) in [7, 11) is 0. The third kappa shape index (κ3) is 2.76. The Kier molecular flexibility index (Phi) is 4.79. The third-order valence-corrected chi connectivity index (χ3v) is 4.62. The van der Waals surface area contributed by atoms with Gasteiger partial charge in [0, 0.05) is 6.04 Å². The van der Waals surface area contributed by atoms with Crippen LogP contribution in [0.25, 0.3) is 0 Å². The molecule has 0 heterocycles. The standard InChI is InChI=1S/C16H26N2/c1-3-13-9-5-7-11-15(13)16(18-17)14-10-6-4-8-12(14)2/h4,6,8,10,13,15-16,18H,3,5,7,9,11,17H2,1-2H3. The number of hydrogen-bond acceptors (Lipinski definition) is 2. The van der Waals surface area contributed by atoms with Crippen molar-refractivity contribution in [2.45, 2.75) is 52.0 Å². The number of nitrogens with one attached hydrogen (secondary N) is 1. The lowest BCUT2D eigenvalue weighted by molar-refractivity contribution is 0.175. The molecule has 3 N–H and O–H groups in total. The van der Waals surface area contributed by atoms with Gasteiger partial charge in [0.1, 0.15) is 0 Å². The molecule has 1 fully saturated rings. The number of nitrogens with two attached hydrogens (primary N) is 1. The molecule has 0 aliphatic heterocycles. The van der Waals surface area contributed by atoms with E-state index in [0.29, 0.717) is 12.0 Å². The fourth-order valence-corrected chi connectivity index (χ4v) is 3.56. The van der Waals surface area contributed by atoms with Gasteiger partial charge in [-0.15, -0.1) is 0 Å². The van der Waals surface area contributed by atoms with Crippen LogP contribution in [0, 0.1) is 18.8 Å². The Morgan fingerprint density at radius 1 is 1.28 bits per heavy atom. The summed E-state index contributed by atoms with van der Waals surface area (Å²) in [6.07, 6.45) is 6.69. The van der Waals surface area contributed by atoms with Gasteiger partial charge in [-0.1, -0.05) is 56.9 Å². The van der Waals surface area contributed by atoms with E-state index in [1.54, 1.807) is 0 Å². The van der Waals surface area contributed by atoms with E-state index < -0.39 is 0 Å². The summed E-state index contributed by atoms with van der Waals surface area (Å²) in [4.78, 5) is 0. The average molecular weight is 246 g/mol. The van der Waals surface area contributed by atoms with Gasteiger partial charge in [-0.2, -0.15) is 0 Å². The van der Waals surface area contributed by atoms with Crippen molar-refractivity contribution in [3.05, 3.63) is 35.4 Å². The molecule has 3 unspecified atom stereocenters. The molecule has 100 valence electrons. The van der Waals surface area contributed by atoms with Crippen molar-refractivity contribution in [1.82, 2.24) is 5.43 Å².